The molecule has 90 valence electrons. The van der Waals surface area contributed by atoms with Gasteiger partial charge in [-0.3, -0.25) is 0 Å². The van der Waals surface area contributed by atoms with Crippen molar-refractivity contribution >= 4 is 5.69 Å². The Kier molecular flexibility index (Phi) is 4.62. The number of anilines is 1. The topological polar surface area (TPSA) is 44.5 Å². The van der Waals surface area contributed by atoms with Gasteiger partial charge in [0.25, 0.3) is 0 Å². The van der Waals surface area contributed by atoms with E-state index in [-0.39, 0.29) is 6.10 Å². The second-order valence-corrected chi connectivity index (χ2v) is 4.33. The molecule has 2 N–H and O–H groups in total. The van der Waals surface area contributed by atoms with Crippen LogP contribution in [0.3, 0.4) is 0 Å². The van der Waals surface area contributed by atoms with Crippen LogP contribution in [0.5, 0.6) is 5.75 Å². The highest BCUT2D eigenvalue weighted by Gasteiger charge is 2.09. The van der Waals surface area contributed by atoms with Crippen LogP contribution in [0.2, 0.25) is 0 Å². The van der Waals surface area contributed by atoms with E-state index in [4.69, 9.17) is 15.2 Å². The Labute approximate surface area is 97.6 Å². The van der Waals surface area contributed by atoms with Crippen molar-refractivity contribution in [3.63, 3.8) is 0 Å². The maximum absolute atomic E-state index is 5.75. The van der Waals surface area contributed by atoms with E-state index in [0.29, 0.717) is 18.2 Å². The maximum Gasteiger partial charge on any atom is 0.126 e. The minimum Gasteiger partial charge on any atom is -0.496 e. The Balaban J connectivity index is 2.66. The summed E-state index contributed by atoms with van der Waals surface area (Å²) in [5.74, 6) is 1.30. The Morgan fingerprint density at radius 1 is 1.25 bits per heavy atom. The normalized spacial score (nSPS) is 12.8. The summed E-state index contributed by atoms with van der Waals surface area (Å²) in [5.41, 5.74) is 7.42. The molecular weight excluding hydrogens is 202 g/mol. The number of benzene rings is 1. The Morgan fingerprint density at radius 3 is 2.50 bits per heavy atom. The molecule has 0 saturated carbocycles. The number of nitrogens with two attached hydrogens (primary N) is 1. The molecular formula is C13H21NO2. The zero-order valence-corrected chi connectivity index (χ0v) is 10.5. The second kappa shape index (κ2) is 5.75. The zero-order valence-electron chi connectivity index (χ0n) is 10.5. The van der Waals surface area contributed by atoms with Crippen LogP contribution in [-0.4, -0.2) is 13.2 Å². The fraction of sp³-hybridized carbons (Fsp3) is 0.538. The fourth-order valence-electron chi connectivity index (χ4n) is 1.29. The van der Waals surface area contributed by atoms with Gasteiger partial charge in [-0.15, -0.1) is 0 Å². The van der Waals surface area contributed by atoms with Crippen LogP contribution < -0.4 is 10.5 Å². The molecule has 0 aromatic heterocycles. The fourth-order valence-corrected chi connectivity index (χ4v) is 1.29. The van der Waals surface area contributed by atoms with E-state index in [2.05, 4.69) is 20.8 Å². The maximum atomic E-state index is 5.75. The van der Waals surface area contributed by atoms with Crippen molar-refractivity contribution in [1.82, 2.24) is 0 Å². The molecule has 1 atom stereocenters. The molecule has 1 unspecified atom stereocenters. The molecule has 0 saturated heterocycles. The van der Waals surface area contributed by atoms with Gasteiger partial charge in [0.15, 0.2) is 0 Å². The van der Waals surface area contributed by atoms with Gasteiger partial charge in [-0.25, -0.2) is 0 Å². The van der Waals surface area contributed by atoms with Crippen LogP contribution in [-0.2, 0) is 11.3 Å². The average Bonchev–Trinajstić information content (AvgIpc) is 2.26. The summed E-state index contributed by atoms with van der Waals surface area (Å²) in [6.45, 7) is 6.92. The van der Waals surface area contributed by atoms with E-state index >= 15 is 0 Å². The Hall–Kier alpha value is -1.22. The summed E-state index contributed by atoms with van der Waals surface area (Å²) in [6.07, 6.45) is 0.238. The molecule has 0 radical (unpaired) electrons. The van der Waals surface area contributed by atoms with Gasteiger partial charge in [0.1, 0.15) is 5.75 Å². The molecule has 1 aromatic rings. The molecule has 0 heterocycles. The monoisotopic (exact) mass is 223 g/mol. The van der Waals surface area contributed by atoms with E-state index in [1.807, 2.05) is 18.2 Å². The highest BCUT2D eigenvalue weighted by molar-refractivity contribution is 5.48. The number of methoxy groups -OCH3 is 1. The lowest BCUT2D eigenvalue weighted by Gasteiger charge is -2.17. The first-order chi connectivity index (χ1) is 7.54. The molecule has 0 amide bonds. The minimum atomic E-state index is 0.238. The van der Waals surface area contributed by atoms with Crippen molar-refractivity contribution < 1.29 is 9.47 Å². The summed E-state index contributed by atoms with van der Waals surface area (Å²) in [7, 11) is 1.64. The second-order valence-electron chi connectivity index (χ2n) is 4.33. The summed E-state index contributed by atoms with van der Waals surface area (Å²) in [6, 6.07) is 5.63. The standard InChI is InChI=1S/C13H21NO2/c1-9(2)10(3)16-8-11-5-6-12(14)7-13(11)15-4/h5-7,9-10H,8,14H2,1-4H3. The molecule has 0 aliphatic heterocycles. The molecule has 0 aliphatic rings. The molecule has 0 fully saturated rings. The van der Waals surface area contributed by atoms with Crippen LogP contribution in [0.15, 0.2) is 18.2 Å². The molecule has 1 rings (SSSR count). The van der Waals surface area contributed by atoms with E-state index in [1.54, 1.807) is 7.11 Å². The van der Waals surface area contributed by atoms with Crippen molar-refractivity contribution in [2.45, 2.75) is 33.5 Å². The third-order valence-electron chi connectivity index (χ3n) is 2.75. The van der Waals surface area contributed by atoms with Gasteiger partial charge in [0.05, 0.1) is 19.8 Å². The van der Waals surface area contributed by atoms with Crippen LogP contribution >= 0.6 is 0 Å². The molecule has 0 aliphatic carbocycles. The van der Waals surface area contributed by atoms with Crippen LogP contribution in [0.4, 0.5) is 5.69 Å². The molecule has 1 aromatic carbocycles. The number of rotatable bonds is 5. The highest BCUT2D eigenvalue weighted by Crippen LogP contribution is 2.23. The van der Waals surface area contributed by atoms with Crippen molar-refractivity contribution in [3.05, 3.63) is 23.8 Å². The van der Waals surface area contributed by atoms with Gasteiger partial charge in [-0.1, -0.05) is 19.9 Å². The highest BCUT2D eigenvalue weighted by atomic mass is 16.5. The number of ether oxygens (including phenoxy) is 2. The molecule has 0 spiro atoms. The number of hydrogen-bond acceptors (Lipinski definition) is 3. The summed E-state index contributed by atoms with van der Waals surface area (Å²) < 4.78 is 11.0. The number of hydrogen-bond donors (Lipinski definition) is 1. The van der Waals surface area contributed by atoms with Crippen molar-refractivity contribution in [3.8, 4) is 5.75 Å². The lowest BCUT2D eigenvalue weighted by atomic mass is 10.1. The third-order valence-corrected chi connectivity index (χ3v) is 2.75. The van der Waals surface area contributed by atoms with Gasteiger partial charge in [-0.2, -0.15) is 0 Å². The van der Waals surface area contributed by atoms with Crippen molar-refractivity contribution in [1.29, 1.82) is 0 Å². The largest absolute Gasteiger partial charge is 0.496 e. The molecule has 3 nitrogen and oxygen atoms in total. The van der Waals surface area contributed by atoms with E-state index in [0.717, 1.165) is 11.3 Å². The molecule has 3 heteroatoms. The molecule has 0 bridgehead atoms. The van der Waals surface area contributed by atoms with Gasteiger partial charge in [0.2, 0.25) is 0 Å². The quantitative estimate of drug-likeness (QED) is 0.781. The first-order valence-electron chi connectivity index (χ1n) is 5.58. The Morgan fingerprint density at radius 2 is 1.94 bits per heavy atom. The van der Waals surface area contributed by atoms with Crippen molar-refractivity contribution in [2.75, 3.05) is 12.8 Å². The summed E-state index contributed by atoms with van der Waals surface area (Å²) in [5, 5.41) is 0. The van der Waals surface area contributed by atoms with Gasteiger partial charge >= 0.3 is 0 Å². The Bertz CT molecular complexity index is 337. The summed E-state index contributed by atoms with van der Waals surface area (Å²) >= 11 is 0. The van der Waals surface area contributed by atoms with Gasteiger partial charge < -0.3 is 15.2 Å². The van der Waals surface area contributed by atoms with E-state index in [1.165, 1.54) is 0 Å². The molecule has 16 heavy (non-hydrogen) atoms. The SMILES string of the molecule is COc1cc(N)ccc1COC(C)C(C)C. The minimum absolute atomic E-state index is 0.238. The van der Waals surface area contributed by atoms with E-state index in [9.17, 15) is 0 Å². The average molecular weight is 223 g/mol. The lowest BCUT2D eigenvalue weighted by molar-refractivity contribution is 0.0226. The van der Waals surface area contributed by atoms with Crippen molar-refractivity contribution in [2.24, 2.45) is 5.92 Å². The summed E-state index contributed by atoms with van der Waals surface area (Å²) in [4.78, 5) is 0. The van der Waals surface area contributed by atoms with Crippen LogP contribution in [0, 0.1) is 5.92 Å². The number of nitrogen functional groups attached to an aromatic ring is 1. The lowest BCUT2D eigenvalue weighted by Crippen LogP contribution is -2.15. The van der Waals surface area contributed by atoms with Gasteiger partial charge in [0, 0.05) is 17.3 Å². The third kappa shape index (κ3) is 3.42. The van der Waals surface area contributed by atoms with Gasteiger partial charge in [-0.05, 0) is 18.9 Å². The smallest absolute Gasteiger partial charge is 0.126 e. The first-order valence-corrected chi connectivity index (χ1v) is 5.58. The predicted octanol–water partition coefficient (Wildman–Crippen LogP) is 2.84. The van der Waals surface area contributed by atoms with E-state index < -0.39 is 0 Å². The zero-order chi connectivity index (χ0) is 12.1. The first kappa shape index (κ1) is 12.8. The predicted molar refractivity (Wildman–Crippen MR) is 66.5 cm³/mol. The van der Waals surface area contributed by atoms with Crippen LogP contribution in [0.25, 0.3) is 0 Å². The van der Waals surface area contributed by atoms with Crippen LogP contribution in [0.1, 0.15) is 26.3 Å².